The number of hydrogen-bond acceptors (Lipinski definition) is 4. The van der Waals surface area contributed by atoms with E-state index in [9.17, 15) is 0 Å². The van der Waals surface area contributed by atoms with Gasteiger partial charge in [0.05, 0.1) is 6.54 Å². The molecule has 4 nitrogen and oxygen atoms in total. The van der Waals surface area contributed by atoms with E-state index in [-0.39, 0.29) is 0 Å². The van der Waals surface area contributed by atoms with Crippen molar-refractivity contribution in [3.8, 4) is 0 Å². The van der Waals surface area contributed by atoms with Crippen molar-refractivity contribution in [3.05, 3.63) is 47.1 Å². The van der Waals surface area contributed by atoms with Gasteiger partial charge < -0.3 is 9.84 Å². The van der Waals surface area contributed by atoms with Crippen LogP contribution >= 0.6 is 0 Å². The lowest BCUT2D eigenvalue weighted by atomic mass is 10.1. The highest BCUT2D eigenvalue weighted by Gasteiger charge is 2.03. The molecule has 0 fully saturated rings. The topological polar surface area (TPSA) is 51.0 Å². The first-order valence-corrected chi connectivity index (χ1v) is 5.86. The van der Waals surface area contributed by atoms with Gasteiger partial charge in [0.25, 0.3) is 0 Å². The average molecular weight is 231 g/mol. The van der Waals surface area contributed by atoms with Crippen molar-refractivity contribution in [2.24, 2.45) is 0 Å². The van der Waals surface area contributed by atoms with Gasteiger partial charge in [-0.1, -0.05) is 36.3 Å². The molecule has 1 N–H and O–H groups in total. The summed E-state index contributed by atoms with van der Waals surface area (Å²) in [6.45, 7) is 5.42. The summed E-state index contributed by atoms with van der Waals surface area (Å²) in [7, 11) is 0. The van der Waals surface area contributed by atoms with Gasteiger partial charge in [0.2, 0.25) is 5.89 Å². The molecule has 0 bridgehead atoms. The van der Waals surface area contributed by atoms with Crippen molar-refractivity contribution < 1.29 is 4.52 Å². The molecular weight excluding hydrogens is 214 g/mol. The molecule has 1 heterocycles. The Morgan fingerprint density at radius 3 is 2.59 bits per heavy atom. The van der Waals surface area contributed by atoms with Crippen LogP contribution in [0.15, 0.2) is 28.8 Å². The maximum absolute atomic E-state index is 5.04. The monoisotopic (exact) mass is 231 g/mol. The fraction of sp³-hybridized carbons (Fsp3) is 0.385. The number of rotatable bonds is 5. The van der Waals surface area contributed by atoms with Crippen LogP contribution < -0.4 is 5.32 Å². The summed E-state index contributed by atoms with van der Waals surface area (Å²) in [5, 5.41) is 7.06. The van der Waals surface area contributed by atoms with Crippen molar-refractivity contribution in [2.75, 3.05) is 0 Å². The SMILES string of the molecule is CCc1ccccc1CNCc1nc(C)no1. The molecule has 0 radical (unpaired) electrons. The number of aromatic nitrogens is 2. The first kappa shape index (κ1) is 11.8. The smallest absolute Gasteiger partial charge is 0.240 e. The Morgan fingerprint density at radius 2 is 1.94 bits per heavy atom. The van der Waals surface area contributed by atoms with E-state index >= 15 is 0 Å². The molecule has 90 valence electrons. The van der Waals surface area contributed by atoms with Gasteiger partial charge in [-0.15, -0.1) is 0 Å². The molecule has 1 aromatic heterocycles. The van der Waals surface area contributed by atoms with Gasteiger partial charge in [-0.3, -0.25) is 0 Å². The Morgan fingerprint density at radius 1 is 1.18 bits per heavy atom. The predicted octanol–water partition coefficient (Wildman–Crippen LogP) is 2.23. The minimum atomic E-state index is 0.610. The fourth-order valence-corrected chi connectivity index (χ4v) is 1.79. The molecule has 0 saturated heterocycles. The molecular formula is C13H17N3O. The Labute approximate surface area is 101 Å². The van der Waals surface area contributed by atoms with Crippen LogP contribution in [0.1, 0.15) is 29.8 Å². The van der Waals surface area contributed by atoms with E-state index in [1.807, 2.05) is 6.92 Å². The van der Waals surface area contributed by atoms with Crippen LogP contribution in [-0.2, 0) is 19.5 Å². The fourth-order valence-electron chi connectivity index (χ4n) is 1.79. The number of aryl methyl sites for hydroxylation is 2. The lowest BCUT2D eigenvalue weighted by molar-refractivity contribution is 0.364. The molecule has 2 aromatic rings. The molecule has 0 amide bonds. The van der Waals surface area contributed by atoms with Crippen molar-refractivity contribution in [3.63, 3.8) is 0 Å². The molecule has 0 spiro atoms. The minimum absolute atomic E-state index is 0.610. The maximum atomic E-state index is 5.04. The lowest BCUT2D eigenvalue weighted by Gasteiger charge is -2.07. The zero-order valence-corrected chi connectivity index (χ0v) is 10.2. The van der Waals surface area contributed by atoms with E-state index in [1.165, 1.54) is 11.1 Å². The lowest BCUT2D eigenvalue weighted by Crippen LogP contribution is -2.14. The summed E-state index contributed by atoms with van der Waals surface area (Å²) < 4.78 is 5.04. The number of nitrogens with zero attached hydrogens (tertiary/aromatic N) is 2. The van der Waals surface area contributed by atoms with E-state index in [2.05, 4.69) is 46.6 Å². The Kier molecular flexibility index (Phi) is 3.88. The Balaban J connectivity index is 1.89. The van der Waals surface area contributed by atoms with Gasteiger partial charge in [-0.05, 0) is 24.5 Å². The van der Waals surface area contributed by atoms with Crippen LogP contribution in [-0.4, -0.2) is 10.1 Å². The van der Waals surface area contributed by atoms with Gasteiger partial charge in [0.15, 0.2) is 5.82 Å². The van der Waals surface area contributed by atoms with Gasteiger partial charge in [0.1, 0.15) is 0 Å². The second-order valence-corrected chi connectivity index (χ2v) is 3.96. The van der Waals surface area contributed by atoms with Gasteiger partial charge in [0, 0.05) is 6.54 Å². The molecule has 0 unspecified atom stereocenters. The molecule has 0 aliphatic rings. The molecule has 0 aliphatic heterocycles. The third kappa shape index (κ3) is 3.14. The molecule has 2 rings (SSSR count). The quantitative estimate of drug-likeness (QED) is 0.857. The van der Waals surface area contributed by atoms with Gasteiger partial charge >= 0.3 is 0 Å². The molecule has 4 heteroatoms. The van der Waals surface area contributed by atoms with E-state index in [0.717, 1.165) is 13.0 Å². The van der Waals surface area contributed by atoms with E-state index in [4.69, 9.17) is 4.52 Å². The van der Waals surface area contributed by atoms with Crippen LogP contribution in [0.5, 0.6) is 0 Å². The molecule has 0 atom stereocenters. The summed E-state index contributed by atoms with van der Waals surface area (Å²) in [5.41, 5.74) is 2.70. The maximum Gasteiger partial charge on any atom is 0.240 e. The van der Waals surface area contributed by atoms with Crippen LogP contribution in [0.25, 0.3) is 0 Å². The molecule has 0 aliphatic carbocycles. The van der Waals surface area contributed by atoms with Crippen molar-refractivity contribution in [1.82, 2.24) is 15.5 Å². The first-order valence-electron chi connectivity index (χ1n) is 5.86. The summed E-state index contributed by atoms with van der Waals surface area (Å²) in [6, 6.07) is 8.44. The van der Waals surface area contributed by atoms with Crippen LogP contribution in [0.3, 0.4) is 0 Å². The molecule has 0 saturated carbocycles. The molecule has 1 aromatic carbocycles. The van der Waals surface area contributed by atoms with E-state index in [1.54, 1.807) is 0 Å². The number of hydrogen-bond donors (Lipinski definition) is 1. The summed E-state index contributed by atoms with van der Waals surface area (Å²) >= 11 is 0. The van der Waals surface area contributed by atoms with Gasteiger partial charge in [-0.25, -0.2) is 0 Å². The second-order valence-electron chi connectivity index (χ2n) is 3.96. The number of nitrogens with one attached hydrogen (secondary N) is 1. The Hall–Kier alpha value is -1.68. The third-order valence-corrected chi connectivity index (χ3v) is 2.66. The summed E-state index contributed by atoms with van der Waals surface area (Å²) in [6.07, 6.45) is 1.05. The predicted molar refractivity (Wildman–Crippen MR) is 65.4 cm³/mol. The summed E-state index contributed by atoms with van der Waals surface area (Å²) in [4.78, 5) is 4.14. The van der Waals surface area contributed by atoms with Crippen molar-refractivity contribution in [1.29, 1.82) is 0 Å². The number of benzene rings is 1. The highest BCUT2D eigenvalue weighted by atomic mass is 16.5. The Bertz CT molecular complexity index is 479. The summed E-state index contributed by atoms with van der Waals surface area (Å²) in [5.74, 6) is 1.31. The first-order chi connectivity index (χ1) is 8.29. The van der Waals surface area contributed by atoms with Crippen molar-refractivity contribution in [2.45, 2.75) is 33.4 Å². The average Bonchev–Trinajstić information content (AvgIpc) is 2.76. The minimum Gasteiger partial charge on any atom is -0.338 e. The zero-order chi connectivity index (χ0) is 12.1. The van der Waals surface area contributed by atoms with Crippen LogP contribution in [0, 0.1) is 6.92 Å². The normalized spacial score (nSPS) is 10.7. The largest absolute Gasteiger partial charge is 0.338 e. The van der Waals surface area contributed by atoms with Crippen molar-refractivity contribution >= 4 is 0 Å². The highest BCUT2D eigenvalue weighted by Crippen LogP contribution is 2.09. The standard InChI is InChI=1S/C13H17N3O/c1-3-11-6-4-5-7-12(11)8-14-9-13-15-10(2)16-17-13/h4-7,14H,3,8-9H2,1-2H3. The second kappa shape index (κ2) is 5.59. The molecule has 17 heavy (non-hydrogen) atoms. The van der Waals surface area contributed by atoms with E-state index < -0.39 is 0 Å². The van der Waals surface area contributed by atoms with E-state index in [0.29, 0.717) is 18.3 Å². The van der Waals surface area contributed by atoms with Crippen LogP contribution in [0.4, 0.5) is 0 Å². The highest BCUT2D eigenvalue weighted by molar-refractivity contribution is 5.26. The van der Waals surface area contributed by atoms with Gasteiger partial charge in [-0.2, -0.15) is 4.98 Å². The zero-order valence-electron chi connectivity index (χ0n) is 10.2. The van der Waals surface area contributed by atoms with Crippen LogP contribution in [0.2, 0.25) is 0 Å². The third-order valence-electron chi connectivity index (χ3n) is 2.66.